The minimum absolute atomic E-state index is 0.135. The van der Waals surface area contributed by atoms with Crippen LogP contribution < -0.4 is 19.5 Å². The largest absolute Gasteiger partial charge is 0.492 e. The molecule has 200 valence electrons. The van der Waals surface area contributed by atoms with Gasteiger partial charge >= 0.3 is 0 Å². The van der Waals surface area contributed by atoms with Crippen molar-refractivity contribution in [1.29, 1.82) is 0 Å². The Morgan fingerprint density at radius 2 is 2.05 bits per heavy atom. The number of aromatic nitrogens is 4. The van der Waals surface area contributed by atoms with Crippen LogP contribution in [0.1, 0.15) is 33.4 Å². The Kier molecular flexibility index (Phi) is 6.83. The first-order valence-corrected chi connectivity index (χ1v) is 12.8. The average molecular weight is 522 g/mol. The molecule has 1 aromatic heterocycles. The third kappa shape index (κ3) is 4.55. The molecule has 0 aliphatic carbocycles. The van der Waals surface area contributed by atoms with E-state index in [-0.39, 0.29) is 18.7 Å². The summed E-state index contributed by atoms with van der Waals surface area (Å²) in [5.41, 5.74) is 3.31. The lowest BCUT2D eigenvalue weighted by atomic mass is 9.90. The Morgan fingerprint density at radius 3 is 2.89 bits per heavy atom. The Morgan fingerprint density at radius 1 is 1.18 bits per heavy atom. The lowest BCUT2D eigenvalue weighted by Crippen LogP contribution is -2.41. The molecule has 2 aromatic carbocycles. The molecule has 0 bridgehead atoms. The fourth-order valence-corrected chi connectivity index (χ4v) is 5.34. The van der Waals surface area contributed by atoms with Gasteiger partial charge in [0.2, 0.25) is 12.5 Å². The van der Waals surface area contributed by atoms with Crippen LogP contribution in [0.5, 0.6) is 17.2 Å². The molecule has 12 nitrogen and oxygen atoms in total. The van der Waals surface area contributed by atoms with Crippen LogP contribution in [0.2, 0.25) is 0 Å². The van der Waals surface area contributed by atoms with Gasteiger partial charge in [-0.1, -0.05) is 6.07 Å². The van der Waals surface area contributed by atoms with Crippen LogP contribution in [-0.2, 0) is 11.2 Å². The van der Waals surface area contributed by atoms with E-state index in [4.69, 9.17) is 18.9 Å². The van der Waals surface area contributed by atoms with E-state index in [2.05, 4.69) is 30.6 Å². The summed E-state index contributed by atoms with van der Waals surface area (Å²) < 4.78 is 24.3. The summed E-state index contributed by atoms with van der Waals surface area (Å²) in [5, 5.41) is 15.8. The Labute approximate surface area is 220 Å². The molecule has 3 aliphatic rings. The minimum atomic E-state index is -0.288. The number of fused-ring (bicyclic) bond motifs is 2. The van der Waals surface area contributed by atoms with E-state index >= 15 is 0 Å². The first kappa shape index (κ1) is 24.6. The number of carbonyl (C=O) groups is 1. The Balaban J connectivity index is 1.27. The summed E-state index contributed by atoms with van der Waals surface area (Å²) in [6.45, 7) is 5.57. The van der Waals surface area contributed by atoms with E-state index in [0.717, 1.165) is 56.9 Å². The molecule has 3 aromatic rings. The van der Waals surface area contributed by atoms with Crippen molar-refractivity contribution < 1.29 is 23.7 Å². The van der Waals surface area contributed by atoms with Gasteiger partial charge in [-0.2, -0.15) is 4.68 Å². The van der Waals surface area contributed by atoms with Crippen LogP contribution in [0.3, 0.4) is 0 Å². The van der Waals surface area contributed by atoms with Crippen molar-refractivity contribution in [2.24, 2.45) is 0 Å². The third-order valence-electron chi connectivity index (χ3n) is 7.30. The van der Waals surface area contributed by atoms with E-state index < -0.39 is 0 Å². The molecule has 0 spiro atoms. The van der Waals surface area contributed by atoms with E-state index in [0.29, 0.717) is 40.9 Å². The number of rotatable bonds is 7. The molecule has 0 radical (unpaired) electrons. The van der Waals surface area contributed by atoms with Gasteiger partial charge in [0.15, 0.2) is 17.3 Å². The number of morpholine rings is 1. The molecule has 3 aliphatic heterocycles. The number of hydrogen-bond acceptors (Lipinski definition) is 10. The third-order valence-corrected chi connectivity index (χ3v) is 7.30. The first-order chi connectivity index (χ1) is 18.6. The zero-order valence-corrected chi connectivity index (χ0v) is 21.6. The molecular weight excluding hydrogens is 490 g/mol. The predicted octanol–water partition coefficient (Wildman–Crippen LogP) is 1.04. The lowest BCUT2D eigenvalue weighted by Gasteiger charge is -2.34. The lowest BCUT2D eigenvalue weighted by molar-refractivity contribution is 0.0383. The normalized spacial score (nSPS) is 19.3. The molecule has 4 heterocycles. The average Bonchev–Trinajstić information content (AvgIpc) is 3.62. The van der Waals surface area contributed by atoms with Crippen molar-refractivity contribution in [2.75, 3.05) is 66.9 Å². The van der Waals surface area contributed by atoms with Crippen LogP contribution in [0.25, 0.3) is 5.69 Å². The van der Waals surface area contributed by atoms with Crippen LogP contribution in [0, 0.1) is 0 Å². The highest BCUT2D eigenvalue weighted by Gasteiger charge is 2.37. The molecule has 0 unspecified atom stereocenters. The molecule has 38 heavy (non-hydrogen) atoms. The Hall–Kier alpha value is -3.74. The van der Waals surface area contributed by atoms with Gasteiger partial charge in [0, 0.05) is 43.9 Å². The Bertz CT molecular complexity index is 1320. The zero-order chi connectivity index (χ0) is 26.1. The van der Waals surface area contributed by atoms with Crippen LogP contribution in [0.15, 0.2) is 30.3 Å². The van der Waals surface area contributed by atoms with E-state index in [1.165, 1.54) is 0 Å². The maximum Gasteiger partial charge on any atom is 0.251 e. The van der Waals surface area contributed by atoms with Gasteiger partial charge in [-0.15, -0.1) is 5.10 Å². The van der Waals surface area contributed by atoms with Crippen molar-refractivity contribution in [3.05, 3.63) is 52.8 Å². The van der Waals surface area contributed by atoms with Gasteiger partial charge in [0.05, 0.1) is 26.0 Å². The molecule has 1 amide bonds. The molecule has 0 saturated carbocycles. The molecule has 1 fully saturated rings. The smallest absolute Gasteiger partial charge is 0.251 e. The van der Waals surface area contributed by atoms with Gasteiger partial charge in [-0.05, 0) is 53.7 Å². The van der Waals surface area contributed by atoms with Gasteiger partial charge in [0.1, 0.15) is 6.04 Å². The van der Waals surface area contributed by atoms with Gasteiger partial charge in [-0.3, -0.25) is 14.6 Å². The first-order valence-electron chi connectivity index (χ1n) is 12.8. The standard InChI is InChI=1S/C26H31N7O5/c1-31-8-6-17-15-20-23(38-16-37-20)24(35-2)21(17)22(31)25-28-29-30-33(25)19-5-3-4-18(14-19)26(34)27-7-9-32-10-12-36-13-11-32/h3-5,14-15,22H,6-13,16H2,1-2H3,(H,27,34)/t22-/m1/s1. The van der Waals surface area contributed by atoms with Crippen LogP contribution in [0.4, 0.5) is 0 Å². The zero-order valence-electron chi connectivity index (χ0n) is 21.6. The molecule has 1 saturated heterocycles. The number of ether oxygens (including phenoxy) is 4. The summed E-state index contributed by atoms with van der Waals surface area (Å²) in [7, 11) is 3.67. The number of tetrazole rings is 1. The van der Waals surface area contributed by atoms with Crippen molar-refractivity contribution in [3.63, 3.8) is 0 Å². The van der Waals surface area contributed by atoms with E-state index in [9.17, 15) is 4.79 Å². The fourth-order valence-electron chi connectivity index (χ4n) is 5.34. The second-order valence-electron chi connectivity index (χ2n) is 9.56. The van der Waals surface area contributed by atoms with E-state index in [1.54, 1.807) is 17.9 Å². The topological polar surface area (TPSA) is 116 Å². The van der Waals surface area contributed by atoms with Gasteiger partial charge < -0.3 is 24.3 Å². The molecule has 6 rings (SSSR count). The summed E-state index contributed by atoms with van der Waals surface area (Å²) in [6.07, 6.45) is 0.830. The molecule has 12 heteroatoms. The number of methoxy groups -OCH3 is 1. The van der Waals surface area contributed by atoms with Gasteiger partial charge in [0.25, 0.3) is 5.91 Å². The quantitative estimate of drug-likeness (QED) is 0.483. The molecular formula is C26H31N7O5. The summed E-state index contributed by atoms with van der Waals surface area (Å²) in [4.78, 5) is 17.4. The van der Waals surface area contributed by atoms with Crippen LogP contribution >= 0.6 is 0 Å². The highest BCUT2D eigenvalue weighted by molar-refractivity contribution is 5.94. The second-order valence-corrected chi connectivity index (χ2v) is 9.56. The van der Waals surface area contributed by atoms with Crippen LogP contribution in [-0.4, -0.2) is 103 Å². The van der Waals surface area contributed by atoms with Crippen molar-refractivity contribution >= 4 is 5.91 Å². The fraction of sp³-hybridized carbons (Fsp3) is 0.462. The number of benzene rings is 2. The summed E-state index contributed by atoms with van der Waals surface area (Å²) >= 11 is 0. The minimum Gasteiger partial charge on any atom is -0.492 e. The van der Waals surface area contributed by atoms with E-state index in [1.807, 2.05) is 31.3 Å². The number of amides is 1. The van der Waals surface area contributed by atoms with Gasteiger partial charge in [-0.25, -0.2) is 0 Å². The maximum atomic E-state index is 12.9. The highest BCUT2D eigenvalue weighted by Crippen LogP contribution is 2.50. The SMILES string of the molecule is COc1c2c(cc3c1[C@H](c1nnnn1-c1cccc(C(=O)NCCN4CCOCC4)c1)N(C)CC3)OCO2. The summed E-state index contributed by atoms with van der Waals surface area (Å²) in [5.74, 6) is 2.41. The summed E-state index contributed by atoms with van der Waals surface area (Å²) in [6, 6.07) is 9.08. The number of hydrogen-bond donors (Lipinski definition) is 1. The number of likely N-dealkylation sites (N-methyl/N-ethyl adjacent to an activating group) is 1. The number of nitrogens with zero attached hydrogens (tertiary/aromatic N) is 6. The molecule has 1 N–H and O–H groups in total. The predicted molar refractivity (Wildman–Crippen MR) is 136 cm³/mol. The van der Waals surface area contributed by atoms with Crippen molar-refractivity contribution in [2.45, 2.75) is 12.5 Å². The second kappa shape index (κ2) is 10.6. The number of carbonyl (C=O) groups excluding carboxylic acids is 1. The highest BCUT2D eigenvalue weighted by atomic mass is 16.7. The molecule has 1 atom stereocenters. The van der Waals surface area contributed by atoms with Crippen molar-refractivity contribution in [3.8, 4) is 22.9 Å². The number of nitrogens with one attached hydrogen (secondary N) is 1. The maximum absolute atomic E-state index is 12.9. The van der Waals surface area contributed by atoms with Crippen molar-refractivity contribution in [1.82, 2.24) is 35.3 Å². The monoisotopic (exact) mass is 521 g/mol.